The maximum Gasteiger partial charge on any atom is 0.283 e. The minimum atomic E-state index is -3.01. The highest BCUT2D eigenvalue weighted by atomic mass is 35.5. The van der Waals surface area contributed by atoms with Crippen molar-refractivity contribution in [1.82, 2.24) is 9.88 Å². The Bertz CT molecular complexity index is 1210. The van der Waals surface area contributed by atoms with Crippen molar-refractivity contribution in [2.45, 2.75) is 38.3 Å². The number of aromatic nitrogens is 1. The summed E-state index contributed by atoms with van der Waals surface area (Å²) in [6, 6.07) is 8.58. The van der Waals surface area contributed by atoms with Gasteiger partial charge in [-0.3, -0.25) is 4.79 Å². The molecule has 0 bridgehead atoms. The van der Waals surface area contributed by atoms with E-state index in [9.17, 15) is 18.4 Å². The second kappa shape index (κ2) is 11.2. The van der Waals surface area contributed by atoms with Crippen LogP contribution in [0, 0.1) is 12.8 Å². The van der Waals surface area contributed by atoms with Gasteiger partial charge in [0.1, 0.15) is 6.29 Å². The van der Waals surface area contributed by atoms with E-state index in [0.29, 0.717) is 54.2 Å². The van der Waals surface area contributed by atoms with E-state index < -0.39 is 5.66 Å². The Hall–Kier alpha value is -2.01. The lowest BCUT2D eigenvalue weighted by Crippen LogP contribution is -2.15. The molecule has 34 heavy (non-hydrogen) atoms. The zero-order chi connectivity index (χ0) is 25.0. The van der Waals surface area contributed by atoms with Crippen molar-refractivity contribution in [3.8, 4) is 0 Å². The van der Waals surface area contributed by atoms with Crippen LogP contribution in [0.1, 0.15) is 40.8 Å². The van der Waals surface area contributed by atoms with Crippen LogP contribution in [0.2, 0.25) is 10.0 Å². The standard InChI is InChI=1S/C25H27Cl2F2N2O2P/c1-15-8-18(25(28,29)34)10-23-20(15)11-19(31(23)2)12-21-22(26)6-5-17(24(21)27)9-16(13-32)4-3-7-30-14-33/h5-6,8,10-11,13-14,16H,3-4,7,9,12,34H2,1-2H3,(H,30,33). The molecule has 0 spiro atoms. The lowest BCUT2D eigenvalue weighted by molar-refractivity contribution is -0.111. The maximum atomic E-state index is 13.9. The van der Waals surface area contributed by atoms with Gasteiger partial charge in [0, 0.05) is 58.1 Å². The lowest BCUT2D eigenvalue weighted by Gasteiger charge is -2.16. The molecule has 1 amide bonds. The quantitative estimate of drug-likeness (QED) is 0.184. The van der Waals surface area contributed by atoms with Crippen LogP contribution >= 0.6 is 32.4 Å². The molecule has 1 N–H and O–H groups in total. The summed E-state index contributed by atoms with van der Waals surface area (Å²) in [4.78, 5) is 22.0. The molecule has 1 aromatic heterocycles. The average Bonchev–Trinajstić information content (AvgIpc) is 3.10. The van der Waals surface area contributed by atoms with Crippen molar-refractivity contribution >= 4 is 56.0 Å². The number of aryl methyl sites for hydroxylation is 2. The molecule has 0 aliphatic carbocycles. The number of aldehydes is 1. The summed E-state index contributed by atoms with van der Waals surface area (Å²) in [7, 11) is 3.42. The topological polar surface area (TPSA) is 51.1 Å². The Labute approximate surface area is 210 Å². The highest BCUT2D eigenvalue weighted by Crippen LogP contribution is 2.39. The minimum absolute atomic E-state index is 0.0587. The molecule has 0 aliphatic heterocycles. The third-order valence-corrected chi connectivity index (χ3v) is 7.29. The molecule has 3 aromatic rings. The van der Waals surface area contributed by atoms with Gasteiger partial charge in [0.15, 0.2) is 0 Å². The summed E-state index contributed by atoms with van der Waals surface area (Å²) in [5.41, 5.74) is 0.838. The van der Waals surface area contributed by atoms with E-state index >= 15 is 0 Å². The SMILES string of the molecule is Cc1cc(C(F)(F)P)cc2c1cc(Cc1c(Cl)ccc(CC(C=O)CCCNC=O)c1Cl)n2C. The van der Waals surface area contributed by atoms with Crippen LogP contribution in [0.25, 0.3) is 10.9 Å². The van der Waals surface area contributed by atoms with Gasteiger partial charge in [-0.2, -0.15) is 8.78 Å². The molecule has 1 heterocycles. The Morgan fingerprint density at radius 2 is 1.94 bits per heavy atom. The van der Waals surface area contributed by atoms with E-state index in [4.69, 9.17) is 23.2 Å². The second-order valence-corrected chi connectivity index (χ2v) is 10.0. The molecule has 2 aromatic carbocycles. The normalized spacial score (nSPS) is 12.7. The number of hydrogen-bond acceptors (Lipinski definition) is 2. The highest BCUT2D eigenvalue weighted by molar-refractivity contribution is 7.17. The fourth-order valence-corrected chi connectivity index (χ4v) is 4.95. The molecular formula is C25H27Cl2F2N2O2P. The Morgan fingerprint density at radius 3 is 2.59 bits per heavy atom. The molecule has 0 saturated carbocycles. The molecule has 0 fully saturated rings. The zero-order valence-electron chi connectivity index (χ0n) is 19.0. The number of carbonyl (C=O) groups excluding carboxylic acids is 2. The Morgan fingerprint density at radius 1 is 1.21 bits per heavy atom. The number of halogens is 4. The molecular weight excluding hydrogens is 500 g/mol. The van der Waals surface area contributed by atoms with Crippen LogP contribution in [0.3, 0.4) is 0 Å². The summed E-state index contributed by atoms with van der Waals surface area (Å²) in [6.07, 6.45) is 3.75. The van der Waals surface area contributed by atoms with Gasteiger partial charge in [-0.05, 0) is 67.1 Å². The van der Waals surface area contributed by atoms with E-state index in [1.807, 2.05) is 30.7 Å². The monoisotopic (exact) mass is 526 g/mol. The summed E-state index contributed by atoms with van der Waals surface area (Å²) >= 11 is 13.2. The number of nitrogens with one attached hydrogen (secondary N) is 1. The summed E-state index contributed by atoms with van der Waals surface area (Å²) in [6.45, 7) is 2.33. The number of hydrogen-bond donors (Lipinski definition) is 1. The predicted octanol–water partition coefficient (Wildman–Crippen LogP) is 6.19. The van der Waals surface area contributed by atoms with Crippen molar-refractivity contribution in [3.63, 3.8) is 0 Å². The fourth-order valence-electron chi connectivity index (χ4n) is 4.20. The van der Waals surface area contributed by atoms with E-state index in [2.05, 4.69) is 5.32 Å². The molecule has 4 nitrogen and oxygen atoms in total. The lowest BCUT2D eigenvalue weighted by atomic mass is 9.94. The van der Waals surface area contributed by atoms with E-state index in [1.54, 1.807) is 15.3 Å². The van der Waals surface area contributed by atoms with Crippen molar-refractivity contribution in [2.24, 2.45) is 13.0 Å². The van der Waals surface area contributed by atoms with Crippen LogP contribution in [0.15, 0.2) is 30.3 Å². The summed E-state index contributed by atoms with van der Waals surface area (Å²) in [5, 5.41) is 4.50. The van der Waals surface area contributed by atoms with Gasteiger partial charge >= 0.3 is 0 Å². The molecule has 0 saturated heterocycles. The first-order chi connectivity index (χ1) is 16.1. The van der Waals surface area contributed by atoms with Crippen LogP contribution in [0.4, 0.5) is 8.78 Å². The van der Waals surface area contributed by atoms with E-state index in [1.165, 1.54) is 12.1 Å². The van der Waals surface area contributed by atoms with Crippen LogP contribution in [-0.4, -0.2) is 23.8 Å². The third kappa shape index (κ3) is 5.97. The second-order valence-electron chi connectivity index (χ2n) is 8.53. The van der Waals surface area contributed by atoms with Gasteiger partial charge in [0.05, 0.1) is 0 Å². The van der Waals surface area contributed by atoms with E-state index in [-0.39, 0.29) is 11.5 Å². The third-order valence-electron chi connectivity index (χ3n) is 6.13. The van der Waals surface area contributed by atoms with Crippen molar-refractivity contribution in [2.75, 3.05) is 6.54 Å². The molecule has 0 aliphatic rings. The highest BCUT2D eigenvalue weighted by Gasteiger charge is 2.26. The van der Waals surface area contributed by atoms with Gasteiger partial charge in [-0.25, -0.2) is 0 Å². The molecule has 2 unspecified atom stereocenters. The van der Waals surface area contributed by atoms with Gasteiger partial charge in [-0.15, -0.1) is 0 Å². The summed E-state index contributed by atoms with van der Waals surface area (Å²) < 4.78 is 29.7. The van der Waals surface area contributed by atoms with Crippen LogP contribution in [-0.2, 0) is 35.1 Å². The number of rotatable bonds is 11. The first-order valence-corrected chi connectivity index (χ1v) is 12.2. The first kappa shape index (κ1) is 26.6. The largest absolute Gasteiger partial charge is 0.359 e. The van der Waals surface area contributed by atoms with Gasteiger partial charge in [0.25, 0.3) is 5.66 Å². The molecule has 3 rings (SSSR count). The number of amides is 1. The first-order valence-electron chi connectivity index (χ1n) is 10.9. The average molecular weight is 527 g/mol. The number of benzene rings is 2. The van der Waals surface area contributed by atoms with Gasteiger partial charge in [0.2, 0.25) is 6.41 Å². The van der Waals surface area contributed by atoms with Crippen molar-refractivity contribution in [1.29, 1.82) is 0 Å². The predicted molar refractivity (Wildman–Crippen MR) is 137 cm³/mol. The molecule has 9 heteroatoms. The van der Waals surface area contributed by atoms with E-state index in [0.717, 1.165) is 34.1 Å². The van der Waals surface area contributed by atoms with Crippen molar-refractivity contribution in [3.05, 3.63) is 68.3 Å². The Balaban J connectivity index is 1.91. The number of fused-ring (bicyclic) bond motifs is 1. The number of nitrogens with zero attached hydrogens (tertiary/aromatic N) is 1. The summed E-state index contributed by atoms with van der Waals surface area (Å²) in [5.74, 6) is -0.229. The Kier molecular flexibility index (Phi) is 8.72. The fraction of sp³-hybridized carbons (Fsp3) is 0.360. The minimum Gasteiger partial charge on any atom is -0.359 e. The number of alkyl halides is 2. The zero-order valence-corrected chi connectivity index (χ0v) is 21.7. The van der Waals surface area contributed by atoms with Gasteiger partial charge in [-0.1, -0.05) is 38.5 Å². The smallest absolute Gasteiger partial charge is 0.283 e. The van der Waals surface area contributed by atoms with Crippen molar-refractivity contribution < 1.29 is 18.4 Å². The molecule has 182 valence electrons. The van der Waals surface area contributed by atoms with Crippen LogP contribution < -0.4 is 5.32 Å². The van der Waals surface area contributed by atoms with Crippen LogP contribution in [0.5, 0.6) is 0 Å². The number of carbonyl (C=O) groups is 2. The molecule has 2 atom stereocenters. The molecule has 0 radical (unpaired) electrons. The van der Waals surface area contributed by atoms with Gasteiger partial charge < -0.3 is 14.7 Å². The maximum absolute atomic E-state index is 13.9.